The van der Waals surface area contributed by atoms with Gasteiger partial charge in [0.05, 0.1) is 5.56 Å². The molecule has 0 atom stereocenters. The van der Waals surface area contributed by atoms with Crippen LogP contribution in [0.5, 0.6) is 0 Å². The van der Waals surface area contributed by atoms with Crippen molar-refractivity contribution >= 4 is 17.3 Å². The average molecular weight is 230 g/mol. The Bertz CT molecular complexity index is 558. The summed E-state index contributed by atoms with van der Waals surface area (Å²) >= 11 is 0. The number of carbonyl (C=O) groups is 1. The van der Waals surface area contributed by atoms with E-state index >= 15 is 0 Å². The number of benzene rings is 1. The van der Waals surface area contributed by atoms with Crippen molar-refractivity contribution in [2.75, 3.05) is 11.1 Å². The monoisotopic (exact) mass is 230 g/mol. The number of amides is 1. The maximum absolute atomic E-state index is 11.9. The van der Waals surface area contributed by atoms with Crippen molar-refractivity contribution < 1.29 is 9.21 Å². The zero-order valence-electron chi connectivity index (χ0n) is 9.78. The van der Waals surface area contributed by atoms with Crippen molar-refractivity contribution in [3.63, 3.8) is 0 Å². The van der Waals surface area contributed by atoms with E-state index in [1.807, 2.05) is 13.0 Å². The molecular formula is C13H14N2O2. The second kappa shape index (κ2) is 4.33. The third-order valence-electron chi connectivity index (χ3n) is 2.50. The summed E-state index contributed by atoms with van der Waals surface area (Å²) in [6, 6.07) is 7.09. The van der Waals surface area contributed by atoms with E-state index in [1.165, 1.54) is 6.26 Å². The van der Waals surface area contributed by atoms with Gasteiger partial charge in [0.2, 0.25) is 0 Å². The molecule has 4 nitrogen and oxygen atoms in total. The second-order valence-corrected chi connectivity index (χ2v) is 3.97. The standard InChI is InChI=1S/C13H14N2O2/c1-8-3-4-11(14)6-12(8)15-13(16)10-5-9(2)17-7-10/h3-7H,14H2,1-2H3,(H,15,16). The van der Waals surface area contributed by atoms with Crippen LogP contribution in [-0.4, -0.2) is 5.91 Å². The second-order valence-electron chi connectivity index (χ2n) is 3.97. The van der Waals surface area contributed by atoms with Gasteiger partial charge in [-0.15, -0.1) is 0 Å². The predicted octanol–water partition coefficient (Wildman–Crippen LogP) is 2.73. The Morgan fingerprint density at radius 1 is 1.29 bits per heavy atom. The number of anilines is 2. The van der Waals surface area contributed by atoms with Gasteiger partial charge in [-0.25, -0.2) is 0 Å². The van der Waals surface area contributed by atoms with Gasteiger partial charge in [0.25, 0.3) is 5.91 Å². The molecule has 0 aliphatic rings. The van der Waals surface area contributed by atoms with E-state index < -0.39 is 0 Å². The largest absolute Gasteiger partial charge is 0.469 e. The topological polar surface area (TPSA) is 68.3 Å². The van der Waals surface area contributed by atoms with Crippen LogP contribution in [0.25, 0.3) is 0 Å². The number of carbonyl (C=O) groups excluding carboxylic acids is 1. The molecule has 4 heteroatoms. The molecule has 1 aromatic heterocycles. The Hall–Kier alpha value is -2.23. The highest BCUT2D eigenvalue weighted by Gasteiger charge is 2.10. The molecule has 17 heavy (non-hydrogen) atoms. The molecule has 0 spiro atoms. The van der Waals surface area contributed by atoms with E-state index in [-0.39, 0.29) is 5.91 Å². The van der Waals surface area contributed by atoms with Crippen LogP contribution < -0.4 is 11.1 Å². The fourth-order valence-electron chi connectivity index (χ4n) is 1.53. The zero-order chi connectivity index (χ0) is 12.4. The molecule has 1 aromatic carbocycles. The van der Waals surface area contributed by atoms with Crippen molar-refractivity contribution in [3.05, 3.63) is 47.4 Å². The molecule has 1 heterocycles. The Morgan fingerprint density at radius 2 is 2.06 bits per heavy atom. The Labute approximate surface area is 99.4 Å². The van der Waals surface area contributed by atoms with Crippen LogP contribution in [0, 0.1) is 13.8 Å². The Morgan fingerprint density at radius 3 is 2.71 bits per heavy atom. The van der Waals surface area contributed by atoms with Crippen LogP contribution in [0.1, 0.15) is 21.7 Å². The molecule has 0 aliphatic carbocycles. The number of nitrogens with one attached hydrogen (secondary N) is 1. The number of aryl methyl sites for hydroxylation is 2. The van der Waals surface area contributed by atoms with Gasteiger partial charge in [-0.3, -0.25) is 4.79 Å². The first-order valence-corrected chi connectivity index (χ1v) is 5.29. The van der Waals surface area contributed by atoms with Gasteiger partial charge in [0.15, 0.2) is 0 Å². The molecule has 2 aromatic rings. The van der Waals surface area contributed by atoms with Crippen LogP contribution in [0.3, 0.4) is 0 Å². The minimum atomic E-state index is -0.199. The summed E-state index contributed by atoms with van der Waals surface area (Å²) in [5.41, 5.74) is 8.48. The maximum Gasteiger partial charge on any atom is 0.258 e. The maximum atomic E-state index is 11.9. The van der Waals surface area contributed by atoms with Crippen LogP contribution in [0.2, 0.25) is 0 Å². The van der Waals surface area contributed by atoms with Crippen molar-refractivity contribution in [1.82, 2.24) is 0 Å². The van der Waals surface area contributed by atoms with Crippen molar-refractivity contribution in [2.24, 2.45) is 0 Å². The third kappa shape index (κ3) is 2.47. The van der Waals surface area contributed by atoms with E-state index in [9.17, 15) is 4.79 Å². The SMILES string of the molecule is Cc1cc(C(=O)Nc2cc(N)ccc2C)co1. The quantitative estimate of drug-likeness (QED) is 0.779. The number of nitrogen functional groups attached to an aromatic ring is 1. The highest BCUT2D eigenvalue weighted by atomic mass is 16.3. The van der Waals surface area contributed by atoms with Crippen molar-refractivity contribution in [3.8, 4) is 0 Å². The average Bonchev–Trinajstić information content (AvgIpc) is 2.70. The summed E-state index contributed by atoms with van der Waals surface area (Å²) in [5, 5.41) is 2.80. The molecule has 0 unspecified atom stereocenters. The molecular weight excluding hydrogens is 216 g/mol. The Balaban J connectivity index is 2.21. The molecule has 0 fully saturated rings. The van der Waals surface area contributed by atoms with Crippen LogP contribution in [0.4, 0.5) is 11.4 Å². The first-order valence-electron chi connectivity index (χ1n) is 5.29. The number of hydrogen-bond acceptors (Lipinski definition) is 3. The van der Waals surface area contributed by atoms with Gasteiger partial charge in [-0.05, 0) is 37.6 Å². The summed E-state index contributed by atoms with van der Waals surface area (Å²) in [6.45, 7) is 3.71. The van der Waals surface area contributed by atoms with Gasteiger partial charge < -0.3 is 15.5 Å². The fourth-order valence-corrected chi connectivity index (χ4v) is 1.53. The van der Waals surface area contributed by atoms with Gasteiger partial charge in [-0.1, -0.05) is 6.07 Å². The van der Waals surface area contributed by atoms with E-state index in [1.54, 1.807) is 25.1 Å². The lowest BCUT2D eigenvalue weighted by Crippen LogP contribution is -2.12. The van der Waals surface area contributed by atoms with E-state index in [0.29, 0.717) is 22.7 Å². The summed E-state index contributed by atoms with van der Waals surface area (Å²) < 4.78 is 5.09. The summed E-state index contributed by atoms with van der Waals surface area (Å²) in [5.74, 6) is 0.509. The highest BCUT2D eigenvalue weighted by molar-refractivity contribution is 6.04. The molecule has 88 valence electrons. The lowest BCUT2D eigenvalue weighted by molar-refractivity contribution is 0.102. The van der Waals surface area contributed by atoms with Crippen LogP contribution in [0.15, 0.2) is 34.9 Å². The minimum Gasteiger partial charge on any atom is -0.469 e. The fraction of sp³-hybridized carbons (Fsp3) is 0.154. The lowest BCUT2D eigenvalue weighted by atomic mass is 10.1. The van der Waals surface area contributed by atoms with Gasteiger partial charge in [-0.2, -0.15) is 0 Å². The van der Waals surface area contributed by atoms with Crippen LogP contribution >= 0.6 is 0 Å². The van der Waals surface area contributed by atoms with E-state index in [0.717, 1.165) is 5.56 Å². The minimum absolute atomic E-state index is 0.199. The number of rotatable bonds is 2. The first-order chi connectivity index (χ1) is 8.06. The predicted molar refractivity (Wildman–Crippen MR) is 67.0 cm³/mol. The molecule has 0 bridgehead atoms. The molecule has 2 rings (SSSR count). The lowest BCUT2D eigenvalue weighted by Gasteiger charge is -2.07. The summed E-state index contributed by atoms with van der Waals surface area (Å²) in [4.78, 5) is 11.9. The van der Waals surface area contributed by atoms with Gasteiger partial charge in [0, 0.05) is 11.4 Å². The zero-order valence-corrected chi connectivity index (χ0v) is 9.78. The first kappa shape index (κ1) is 11.3. The van der Waals surface area contributed by atoms with Crippen LogP contribution in [-0.2, 0) is 0 Å². The highest BCUT2D eigenvalue weighted by Crippen LogP contribution is 2.19. The molecule has 3 N–H and O–H groups in total. The normalized spacial score (nSPS) is 10.2. The number of nitrogens with two attached hydrogens (primary N) is 1. The summed E-state index contributed by atoms with van der Waals surface area (Å²) in [6.07, 6.45) is 1.44. The summed E-state index contributed by atoms with van der Waals surface area (Å²) in [7, 11) is 0. The molecule has 1 amide bonds. The molecule has 0 aliphatic heterocycles. The van der Waals surface area contributed by atoms with Crippen molar-refractivity contribution in [1.29, 1.82) is 0 Å². The molecule has 0 saturated heterocycles. The third-order valence-corrected chi connectivity index (χ3v) is 2.50. The Kier molecular flexibility index (Phi) is 2.87. The number of hydrogen-bond donors (Lipinski definition) is 2. The van der Waals surface area contributed by atoms with Gasteiger partial charge >= 0.3 is 0 Å². The van der Waals surface area contributed by atoms with Crippen molar-refractivity contribution in [2.45, 2.75) is 13.8 Å². The van der Waals surface area contributed by atoms with E-state index in [4.69, 9.17) is 10.2 Å². The number of furan rings is 1. The smallest absolute Gasteiger partial charge is 0.258 e. The van der Waals surface area contributed by atoms with E-state index in [2.05, 4.69) is 5.32 Å². The van der Waals surface area contributed by atoms with Gasteiger partial charge in [0.1, 0.15) is 12.0 Å². The molecule has 0 saturated carbocycles. The molecule has 0 radical (unpaired) electrons.